The molecular formula is C17H25ClF3N3O. The Bertz CT molecular complexity index is 508. The lowest BCUT2D eigenvalue weighted by atomic mass is 9.95. The van der Waals surface area contributed by atoms with Crippen LogP contribution in [0.4, 0.5) is 13.2 Å². The number of rotatable bonds is 7. The third-order valence-electron chi connectivity index (χ3n) is 4.17. The second kappa shape index (κ2) is 10.6. The Hall–Kier alpha value is -1.31. The van der Waals surface area contributed by atoms with E-state index >= 15 is 0 Å². The number of nitrogens with zero attached hydrogens (tertiary/aromatic N) is 1. The van der Waals surface area contributed by atoms with Gasteiger partial charge in [-0.05, 0) is 18.5 Å². The second-order valence-corrected chi connectivity index (χ2v) is 6.00. The van der Waals surface area contributed by atoms with E-state index in [0.717, 1.165) is 39.1 Å². The molecule has 1 fully saturated rings. The van der Waals surface area contributed by atoms with Gasteiger partial charge >= 0.3 is 6.18 Å². The summed E-state index contributed by atoms with van der Waals surface area (Å²) in [6.45, 7) is 5.11. The van der Waals surface area contributed by atoms with Gasteiger partial charge in [-0.2, -0.15) is 13.2 Å². The molecule has 1 aliphatic heterocycles. The number of alkyl halides is 3. The van der Waals surface area contributed by atoms with E-state index in [0.29, 0.717) is 6.54 Å². The van der Waals surface area contributed by atoms with Crippen molar-refractivity contribution in [2.75, 3.05) is 39.3 Å². The zero-order valence-electron chi connectivity index (χ0n) is 14.0. The molecule has 4 nitrogen and oxygen atoms in total. The standard InChI is InChI=1S/C17H24F3N3O.ClH/c18-17(19,20)15(14-5-2-1-3-6-14)13-16(24)22-7-4-10-23-11-8-21-9-12-23;/h1-3,5-6,15,21H,4,7-13H2,(H,22,24);1H. The van der Waals surface area contributed by atoms with Crippen molar-refractivity contribution >= 4 is 18.3 Å². The summed E-state index contributed by atoms with van der Waals surface area (Å²) < 4.78 is 39.6. The molecule has 1 unspecified atom stereocenters. The Labute approximate surface area is 152 Å². The largest absolute Gasteiger partial charge is 0.396 e. The van der Waals surface area contributed by atoms with Crippen molar-refractivity contribution in [3.63, 3.8) is 0 Å². The monoisotopic (exact) mass is 379 g/mol. The fourth-order valence-corrected chi connectivity index (χ4v) is 2.83. The van der Waals surface area contributed by atoms with Crippen LogP contribution in [0.15, 0.2) is 30.3 Å². The molecule has 1 saturated heterocycles. The van der Waals surface area contributed by atoms with Gasteiger partial charge in [-0.25, -0.2) is 0 Å². The van der Waals surface area contributed by atoms with Gasteiger partial charge in [-0.1, -0.05) is 30.3 Å². The van der Waals surface area contributed by atoms with E-state index in [-0.39, 0.29) is 18.0 Å². The smallest absolute Gasteiger partial charge is 0.356 e. The Morgan fingerprint density at radius 2 is 1.84 bits per heavy atom. The summed E-state index contributed by atoms with van der Waals surface area (Å²) in [4.78, 5) is 14.2. The predicted molar refractivity (Wildman–Crippen MR) is 94.0 cm³/mol. The third-order valence-corrected chi connectivity index (χ3v) is 4.17. The summed E-state index contributed by atoms with van der Waals surface area (Å²) in [5.74, 6) is -2.31. The zero-order valence-corrected chi connectivity index (χ0v) is 14.8. The van der Waals surface area contributed by atoms with Gasteiger partial charge in [0.2, 0.25) is 5.91 Å². The van der Waals surface area contributed by atoms with E-state index in [1.165, 1.54) is 12.1 Å². The number of benzene rings is 1. The lowest BCUT2D eigenvalue weighted by Gasteiger charge is -2.27. The topological polar surface area (TPSA) is 44.4 Å². The maximum Gasteiger partial charge on any atom is 0.396 e. The highest BCUT2D eigenvalue weighted by Gasteiger charge is 2.41. The summed E-state index contributed by atoms with van der Waals surface area (Å²) in [6, 6.07) is 7.59. The van der Waals surface area contributed by atoms with Gasteiger partial charge in [-0.15, -0.1) is 12.4 Å². The first kappa shape index (κ1) is 21.7. The Morgan fingerprint density at radius 3 is 2.44 bits per heavy atom. The first-order valence-electron chi connectivity index (χ1n) is 8.28. The molecule has 1 aliphatic rings. The van der Waals surface area contributed by atoms with Crippen LogP contribution >= 0.6 is 12.4 Å². The minimum Gasteiger partial charge on any atom is -0.356 e. The molecule has 0 saturated carbocycles. The highest BCUT2D eigenvalue weighted by molar-refractivity contribution is 5.85. The molecule has 142 valence electrons. The average Bonchev–Trinajstić information content (AvgIpc) is 2.57. The Balaban J connectivity index is 0.00000312. The van der Waals surface area contributed by atoms with Crippen LogP contribution in [0.1, 0.15) is 24.3 Å². The molecule has 1 amide bonds. The number of nitrogens with one attached hydrogen (secondary N) is 2. The van der Waals surface area contributed by atoms with Crippen molar-refractivity contribution in [2.45, 2.75) is 24.9 Å². The van der Waals surface area contributed by atoms with Crippen molar-refractivity contribution in [1.82, 2.24) is 15.5 Å². The van der Waals surface area contributed by atoms with Crippen molar-refractivity contribution in [3.8, 4) is 0 Å². The van der Waals surface area contributed by atoms with Crippen molar-refractivity contribution in [2.24, 2.45) is 0 Å². The molecule has 0 radical (unpaired) electrons. The average molecular weight is 380 g/mol. The number of carbonyl (C=O) groups excluding carboxylic acids is 1. The molecule has 8 heteroatoms. The van der Waals surface area contributed by atoms with Crippen molar-refractivity contribution in [1.29, 1.82) is 0 Å². The molecule has 0 spiro atoms. The van der Waals surface area contributed by atoms with Crippen LogP contribution < -0.4 is 10.6 Å². The van der Waals surface area contributed by atoms with Crippen LogP contribution in [-0.4, -0.2) is 56.3 Å². The van der Waals surface area contributed by atoms with Crippen LogP contribution in [0.3, 0.4) is 0 Å². The molecule has 25 heavy (non-hydrogen) atoms. The fraction of sp³-hybridized carbons (Fsp3) is 0.588. The van der Waals surface area contributed by atoms with Gasteiger partial charge in [0.15, 0.2) is 0 Å². The van der Waals surface area contributed by atoms with Gasteiger partial charge in [0.25, 0.3) is 0 Å². The maximum atomic E-state index is 13.2. The van der Waals surface area contributed by atoms with Gasteiger partial charge in [0.05, 0.1) is 5.92 Å². The molecule has 1 atom stereocenters. The minimum atomic E-state index is -4.43. The first-order valence-corrected chi connectivity index (χ1v) is 8.28. The molecule has 1 aromatic rings. The molecular weight excluding hydrogens is 355 g/mol. The molecule has 2 N–H and O–H groups in total. The summed E-state index contributed by atoms with van der Waals surface area (Å²) in [5, 5.41) is 5.87. The van der Waals surface area contributed by atoms with Crippen molar-refractivity contribution in [3.05, 3.63) is 35.9 Å². The molecule has 2 rings (SSSR count). The van der Waals surface area contributed by atoms with Crippen LogP contribution in [0, 0.1) is 0 Å². The fourth-order valence-electron chi connectivity index (χ4n) is 2.83. The van der Waals surface area contributed by atoms with Crippen LogP contribution in [0.25, 0.3) is 0 Å². The summed E-state index contributed by atoms with van der Waals surface area (Å²) in [7, 11) is 0. The first-order chi connectivity index (χ1) is 11.5. The Kier molecular flexibility index (Phi) is 9.24. The van der Waals surface area contributed by atoms with E-state index in [9.17, 15) is 18.0 Å². The minimum absolute atomic E-state index is 0. The van der Waals surface area contributed by atoms with Gasteiger partial charge < -0.3 is 15.5 Å². The lowest BCUT2D eigenvalue weighted by molar-refractivity contribution is -0.157. The molecule has 1 aromatic carbocycles. The van der Waals surface area contributed by atoms with E-state index < -0.39 is 24.4 Å². The highest BCUT2D eigenvalue weighted by atomic mass is 35.5. The number of hydrogen-bond acceptors (Lipinski definition) is 3. The zero-order chi connectivity index (χ0) is 17.4. The summed E-state index contributed by atoms with van der Waals surface area (Å²) in [6.07, 6.45) is -4.26. The number of halogens is 4. The molecule has 1 heterocycles. The predicted octanol–water partition coefficient (Wildman–Crippen LogP) is 2.56. The quantitative estimate of drug-likeness (QED) is 0.716. The lowest BCUT2D eigenvalue weighted by Crippen LogP contribution is -2.44. The molecule has 0 aromatic heterocycles. The highest BCUT2D eigenvalue weighted by Crippen LogP contribution is 2.37. The molecule has 0 bridgehead atoms. The Morgan fingerprint density at radius 1 is 1.20 bits per heavy atom. The van der Waals surface area contributed by atoms with E-state index in [2.05, 4.69) is 15.5 Å². The number of hydrogen-bond donors (Lipinski definition) is 2. The van der Waals surface area contributed by atoms with E-state index in [1.807, 2.05) is 0 Å². The number of amides is 1. The number of carbonyl (C=O) groups is 1. The normalized spacial score (nSPS) is 16.8. The van der Waals surface area contributed by atoms with Crippen LogP contribution in [0.5, 0.6) is 0 Å². The number of piperazine rings is 1. The molecule has 0 aliphatic carbocycles. The SMILES string of the molecule is Cl.O=C(CC(c1ccccc1)C(F)(F)F)NCCCN1CCNCC1. The van der Waals surface area contributed by atoms with Crippen molar-refractivity contribution < 1.29 is 18.0 Å². The van der Waals surface area contributed by atoms with Crippen LogP contribution in [0.2, 0.25) is 0 Å². The van der Waals surface area contributed by atoms with E-state index in [1.54, 1.807) is 18.2 Å². The van der Waals surface area contributed by atoms with Crippen LogP contribution in [-0.2, 0) is 4.79 Å². The van der Waals surface area contributed by atoms with Gasteiger partial charge in [0, 0.05) is 39.1 Å². The summed E-state index contributed by atoms with van der Waals surface area (Å²) >= 11 is 0. The van der Waals surface area contributed by atoms with Gasteiger partial charge in [-0.3, -0.25) is 4.79 Å². The van der Waals surface area contributed by atoms with Gasteiger partial charge in [0.1, 0.15) is 0 Å². The summed E-state index contributed by atoms with van der Waals surface area (Å²) in [5.41, 5.74) is 0.126. The maximum absolute atomic E-state index is 13.2. The van der Waals surface area contributed by atoms with E-state index in [4.69, 9.17) is 0 Å². The third kappa shape index (κ3) is 7.63. The second-order valence-electron chi connectivity index (χ2n) is 6.00.